The van der Waals surface area contributed by atoms with Gasteiger partial charge < -0.3 is 15.0 Å². The average molecular weight is 708 g/mol. The minimum Gasteiger partial charge on any atom is -0.487 e. The molecule has 0 radical (unpaired) electrons. The van der Waals surface area contributed by atoms with Crippen LogP contribution in [0.15, 0.2) is 72.4 Å². The third-order valence-corrected chi connectivity index (χ3v) is 7.20. The van der Waals surface area contributed by atoms with Gasteiger partial charge >= 0.3 is 0 Å². The monoisotopic (exact) mass is 707 g/mol. The molecule has 0 unspecified atom stereocenters. The standard InChI is InChI=1S/C27H20ClI2N3O2/c28-21-7-5-17(6-8-21)16-35-26-23(29)12-18(13-24(26)30)11-20(14-31)27(34)32-10-9-19-15-33-25-4-2-1-3-22(19)25/h1-8,11-13,15,33H,9-10,16H2,(H,32,34)/b20-11-. The van der Waals surface area contributed by atoms with Gasteiger partial charge in [-0.1, -0.05) is 41.9 Å². The highest BCUT2D eigenvalue weighted by molar-refractivity contribution is 14.1. The van der Waals surface area contributed by atoms with E-state index in [9.17, 15) is 10.1 Å². The van der Waals surface area contributed by atoms with E-state index >= 15 is 0 Å². The molecule has 1 aromatic heterocycles. The van der Waals surface area contributed by atoms with E-state index in [1.54, 1.807) is 6.08 Å². The Labute approximate surface area is 235 Å². The van der Waals surface area contributed by atoms with Crippen LogP contribution >= 0.6 is 56.8 Å². The lowest BCUT2D eigenvalue weighted by atomic mass is 10.1. The lowest BCUT2D eigenvalue weighted by molar-refractivity contribution is -0.117. The minimum absolute atomic E-state index is 0.0605. The van der Waals surface area contributed by atoms with Crippen molar-refractivity contribution in [3.63, 3.8) is 0 Å². The van der Waals surface area contributed by atoms with Crippen molar-refractivity contribution in [1.29, 1.82) is 5.26 Å². The first-order chi connectivity index (χ1) is 16.9. The zero-order valence-electron chi connectivity index (χ0n) is 18.4. The number of aromatic nitrogens is 1. The second-order valence-electron chi connectivity index (χ2n) is 7.76. The largest absolute Gasteiger partial charge is 0.487 e. The van der Waals surface area contributed by atoms with Crippen LogP contribution in [0.3, 0.4) is 0 Å². The highest BCUT2D eigenvalue weighted by atomic mass is 127. The van der Waals surface area contributed by atoms with Gasteiger partial charge in [-0.05, 0) is 105 Å². The van der Waals surface area contributed by atoms with E-state index in [-0.39, 0.29) is 11.5 Å². The number of ether oxygens (including phenoxy) is 1. The van der Waals surface area contributed by atoms with E-state index < -0.39 is 0 Å². The normalized spacial score (nSPS) is 11.3. The molecule has 0 aliphatic heterocycles. The summed E-state index contributed by atoms with van der Waals surface area (Å²) in [6, 6.07) is 21.4. The number of amides is 1. The van der Waals surface area contributed by atoms with Gasteiger partial charge in [0.15, 0.2) is 0 Å². The number of rotatable bonds is 8. The molecule has 0 atom stereocenters. The Hall–Kier alpha value is -2.55. The predicted molar refractivity (Wildman–Crippen MR) is 156 cm³/mol. The van der Waals surface area contributed by atoms with E-state index in [1.807, 2.05) is 66.9 Å². The molecule has 3 aromatic carbocycles. The van der Waals surface area contributed by atoms with Crippen molar-refractivity contribution in [3.05, 3.63) is 101 Å². The first-order valence-corrected chi connectivity index (χ1v) is 13.3. The second kappa shape index (κ2) is 11.9. The number of para-hydroxylation sites is 1. The Bertz CT molecular complexity index is 1420. The van der Waals surface area contributed by atoms with Crippen LogP contribution in [0.2, 0.25) is 5.02 Å². The number of benzene rings is 3. The van der Waals surface area contributed by atoms with Crippen molar-refractivity contribution in [1.82, 2.24) is 10.3 Å². The number of hydrogen-bond acceptors (Lipinski definition) is 3. The minimum atomic E-state index is -0.388. The summed E-state index contributed by atoms with van der Waals surface area (Å²) in [5.41, 5.74) is 4.03. The van der Waals surface area contributed by atoms with Gasteiger partial charge in [-0.3, -0.25) is 4.79 Å². The Kier molecular flexibility index (Phi) is 8.70. The fraction of sp³-hybridized carbons (Fsp3) is 0.111. The summed E-state index contributed by atoms with van der Waals surface area (Å²) in [5, 5.41) is 14.3. The second-order valence-corrected chi connectivity index (χ2v) is 10.5. The quantitative estimate of drug-likeness (QED) is 0.119. The van der Waals surface area contributed by atoms with Crippen LogP contribution in [0.4, 0.5) is 0 Å². The summed E-state index contributed by atoms with van der Waals surface area (Å²) in [6.45, 7) is 0.854. The van der Waals surface area contributed by atoms with Gasteiger partial charge in [0.1, 0.15) is 24.0 Å². The van der Waals surface area contributed by atoms with Crippen molar-refractivity contribution in [2.45, 2.75) is 13.0 Å². The Morgan fingerprint density at radius 2 is 1.83 bits per heavy atom. The zero-order valence-corrected chi connectivity index (χ0v) is 23.5. The van der Waals surface area contributed by atoms with Crippen LogP contribution < -0.4 is 10.1 Å². The van der Waals surface area contributed by atoms with Gasteiger partial charge in [0.05, 0.1) is 7.14 Å². The van der Waals surface area contributed by atoms with Crippen molar-refractivity contribution in [2.24, 2.45) is 0 Å². The summed E-state index contributed by atoms with van der Waals surface area (Å²) in [4.78, 5) is 15.9. The van der Waals surface area contributed by atoms with Crippen LogP contribution in [0.1, 0.15) is 16.7 Å². The lowest BCUT2D eigenvalue weighted by Crippen LogP contribution is -2.26. The molecule has 0 saturated heterocycles. The van der Waals surface area contributed by atoms with E-state index in [1.165, 1.54) is 0 Å². The number of nitrogens with one attached hydrogen (secondary N) is 2. The number of aromatic amines is 1. The third-order valence-electron chi connectivity index (χ3n) is 5.35. The molecular weight excluding hydrogens is 688 g/mol. The highest BCUT2D eigenvalue weighted by Gasteiger charge is 2.13. The highest BCUT2D eigenvalue weighted by Crippen LogP contribution is 2.30. The summed E-state index contributed by atoms with van der Waals surface area (Å²) in [6.07, 6.45) is 4.23. The molecular formula is C27H20ClI2N3O2. The van der Waals surface area contributed by atoms with Gasteiger partial charge in [0, 0.05) is 28.7 Å². The van der Waals surface area contributed by atoms with Gasteiger partial charge in [-0.25, -0.2) is 0 Å². The maximum Gasteiger partial charge on any atom is 0.261 e. The SMILES string of the molecule is N#C/C(=C/c1cc(I)c(OCc2ccc(Cl)cc2)c(I)c1)C(=O)NCCc1c[nH]c2ccccc12. The first-order valence-electron chi connectivity index (χ1n) is 10.8. The van der Waals surface area contributed by atoms with Crippen molar-refractivity contribution >= 4 is 79.7 Å². The smallest absolute Gasteiger partial charge is 0.261 e. The topological polar surface area (TPSA) is 77.9 Å². The number of fused-ring (bicyclic) bond motifs is 1. The number of carbonyl (C=O) groups is 1. The number of hydrogen-bond donors (Lipinski definition) is 2. The Morgan fingerprint density at radius 3 is 2.54 bits per heavy atom. The molecule has 0 spiro atoms. The third kappa shape index (κ3) is 6.57. The van der Waals surface area contributed by atoms with Crippen molar-refractivity contribution in [2.75, 3.05) is 6.54 Å². The summed E-state index contributed by atoms with van der Waals surface area (Å²) in [7, 11) is 0. The molecule has 2 N–H and O–H groups in total. The molecule has 0 aliphatic rings. The molecule has 5 nitrogen and oxygen atoms in total. The van der Waals surface area contributed by atoms with E-state index in [0.29, 0.717) is 24.6 Å². The van der Waals surface area contributed by atoms with Gasteiger partial charge in [-0.15, -0.1) is 0 Å². The van der Waals surface area contributed by atoms with Crippen LogP contribution in [0.5, 0.6) is 5.75 Å². The number of carbonyl (C=O) groups excluding carboxylic acids is 1. The van der Waals surface area contributed by atoms with Crippen LogP contribution in [-0.2, 0) is 17.8 Å². The molecule has 0 saturated carbocycles. The van der Waals surface area contributed by atoms with E-state index in [2.05, 4.69) is 61.5 Å². The first kappa shape index (κ1) is 25.5. The van der Waals surface area contributed by atoms with Gasteiger partial charge in [0.25, 0.3) is 5.91 Å². The maximum atomic E-state index is 12.6. The number of nitriles is 1. The summed E-state index contributed by atoms with van der Waals surface area (Å²) < 4.78 is 7.81. The zero-order chi connectivity index (χ0) is 24.8. The lowest BCUT2D eigenvalue weighted by Gasteiger charge is -2.12. The maximum absolute atomic E-state index is 12.6. The van der Waals surface area contributed by atoms with Crippen molar-refractivity contribution < 1.29 is 9.53 Å². The Balaban J connectivity index is 1.40. The molecule has 4 rings (SSSR count). The van der Waals surface area contributed by atoms with Crippen molar-refractivity contribution in [3.8, 4) is 11.8 Å². The molecule has 4 aromatic rings. The predicted octanol–water partition coefficient (Wildman–Crippen LogP) is 6.88. The fourth-order valence-corrected chi connectivity index (χ4v) is 5.85. The van der Waals surface area contributed by atoms with E-state index in [4.69, 9.17) is 16.3 Å². The molecule has 1 heterocycles. The molecule has 0 bridgehead atoms. The van der Waals surface area contributed by atoms with Gasteiger partial charge in [0.2, 0.25) is 0 Å². The number of nitrogens with zero attached hydrogens (tertiary/aromatic N) is 1. The summed E-state index contributed by atoms with van der Waals surface area (Å²) in [5.74, 6) is 0.375. The van der Waals surface area contributed by atoms with Crippen LogP contribution in [0, 0.1) is 18.5 Å². The molecule has 8 heteroatoms. The number of H-pyrrole nitrogens is 1. The van der Waals surface area contributed by atoms with E-state index in [0.717, 1.165) is 40.5 Å². The molecule has 0 fully saturated rings. The molecule has 35 heavy (non-hydrogen) atoms. The Morgan fingerprint density at radius 1 is 1.11 bits per heavy atom. The van der Waals surface area contributed by atoms with Crippen LogP contribution in [0.25, 0.3) is 17.0 Å². The molecule has 0 aliphatic carbocycles. The summed E-state index contributed by atoms with van der Waals surface area (Å²) >= 11 is 10.4. The molecule has 176 valence electrons. The number of halogens is 3. The van der Waals surface area contributed by atoms with Gasteiger partial charge in [-0.2, -0.15) is 5.26 Å². The fourth-order valence-electron chi connectivity index (χ4n) is 3.60. The average Bonchev–Trinajstić information content (AvgIpc) is 3.26. The van der Waals surface area contributed by atoms with Crippen LogP contribution in [-0.4, -0.2) is 17.4 Å². The molecule has 1 amide bonds.